The number of fused-ring (bicyclic) bond motifs is 1. The molecule has 1 aromatic heterocycles. The van der Waals surface area contributed by atoms with Crippen LogP contribution in [0.1, 0.15) is 19.3 Å². The van der Waals surface area contributed by atoms with Crippen LogP contribution in [0.2, 0.25) is 5.02 Å². The number of rotatable bonds is 3. The van der Waals surface area contributed by atoms with Gasteiger partial charge >= 0.3 is 0 Å². The monoisotopic (exact) mass is 282 g/mol. The third kappa shape index (κ3) is 2.46. The molecule has 0 saturated heterocycles. The zero-order valence-corrected chi connectivity index (χ0v) is 11.7. The van der Waals surface area contributed by atoms with E-state index in [2.05, 4.69) is 10.3 Å². The summed E-state index contributed by atoms with van der Waals surface area (Å²) >= 11 is 7.64. The molecule has 5 heteroatoms. The van der Waals surface area contributed by atoms with Crippen molar-refractivity contribution in [3.63, 3.8) is 0 Å². The van der Waals surface area contributed by atoms with Crippen LogP contribution < -0.4 is 5.32 Å². The van der Waals surface area contributed by atoms with Crippen LogP contribution in [-0.2, 0) is 4.74 Å². The lowest BCUT2D eigenvalue weighted by atomic mass is 10.2. The van der Waals surface area contributed by atoms with Crippen molar-refractivity contribution in [2.75, 3.05) is 12.4 Å². The predicted molar refractivity (Wildman–Crippen MR) is 76.7 cm³/mol. The van der Waals surface area contributed by atoms with E-state index >= 15 is 0 Å². The summed E-state index contributed by atoms with van der Waals surface area (Å²) in [5, 5.41) is 5.24. The van der Waals surface area contributed by atoms with Crippen molar-refractivity contribution >= 4 is 38.3 Å². The van der Waals surface area contributed by atoms with E-state index in [-0.39, 0.29) is 0 Å². The van der Waals surface area contributed by atoms with Crippen LogP contribution in [0.3, 0.4) is 0 Å². The number of nitrogens with one attached hydrogen (secondary N) is 1. The molecule has 0 bridgehead atoms. The molecule has 0 amide bonds. The van der Waals surface area contributed by atoms with Crippen molar-refractivity contribution in [3.8, 4) is 0 Å². The molecule has 3 nitrogen and oxygen atoms in total. The number of hydrogen-bond acceptors (Lipinski definition) is 4. The van der Waals surface area contributed by atoms with Crippen molar-refractivity contribution in [1.29, 1.82) is 0 Å². The number of hydrogen-bond donors (Lipinski definition) is 1. The Morgan fingerprint density at radius 3 is 3.11 bits per heavy atom. The van der Waals surface area contributed by atoms with Crippen molar-refractivity contribution in [1.82, 2.24) is 4.98 Å². The molecule has 0 radical (unpaired) electrons. The fourth-order valence-corrected chi connectivity index (χ4v) is 3.64. The Kier molecular flexibility index (Phi) is 3.41. The number of halogens is 1. The van der Waals surface area contributed by atoms with E-state index < -0.39 is 0 Å². The van der Waals surface area contributed by atoms with Crippen LogP contribution in [0.15, 0.2) is 18.2 Å². The fourth-order valence-electron chi connectivity index (χ4n) is 2.42. The van der Waals surface area contributed by atoms with E-state index in [1.165, 1.54) is 0 Å². The van der Waals surface area contributed by atoms with Gasteiger partial charge < -0.3 is 10.1 Å². The lowest BCUT2D eigenvalue weighted by Crippen LogP contribution is -2.16. The summed E-state index contributed by atoms with van der Waals surface area (Å²) in [5.74, 6) is 0. The van der Waals surface area contributed by atoms with E-state index in [1.54, 1.807) is 18.4 Å². The van der Waals surface area contributed by atoms with Crippen LogP contribution in [-0.4, -0.2) is 24.2 Å². The summed E-state index contributed by atoms with van der Waals surface area (Å²) in [5.41, 5.74) is 1.01. The SMILES string of the molecule is COC1CCC(Nc2nc3ccc(Cl)cc3s2)C1. The minimum atomic E-state index is 0.395. The average molecular weight is 283 g/mol. The number of methoxy groups -OCH3 is 1. The van der Waals surface area contributed by atoms with Gasteiger partial charge in [0, 0.05) is 18.2 Å². The lowest BCUT2D eigenvalue weighted by molar-refractivity contribution is 0.108. The molecule has 2 atom stereocenters. The minimum Gasteiger partial charge on any atom is -0.381 e. The standard InChI is InChI=1S/C13H15ClN2OS/c1-17-10-4-3-9(7-10)15-13-16-11-5-2-8(14)6-12(11)18-13/h2,5-6,9-10H,3-4,7H2,1H3,(H,15,16). The molecule has 3 rings (SSSR count). The number of nitrogens with zero attached hydrogens (tertiary/aromatic N) is 1. The first-order valence-corrected chi connectivity index (χ1v) is 7.29. The Morgan fingerprint density at radius 2 is 2.33 bits per heavy atom. The van der Waals surface area contributed by atoms with Crippen molar-refractivity contribution < 1.29 is 4.74 Å². The van der Waals surface area contributed by atoms with Crippen LogP contribution in [0.5, 0.6) is 0 Å². The van der Waals surface area contributed by atoms with Crippen LogP contribution in [0, 0.1) is 0 Å². The zero-order valence-electron chi connectivity index (χ0n) is 10.1. The molecular weight excluding hydrogens is 268 g/mol. The van der Waals surface area contributed by atoms with Gasteiger partial charge in [0.25, 0.3) is 0 Å². The molecule has 1 aliphatic carbocycles. The predicted octanol–water partition coefficient (Wildman–Crippen LogP) is 3.93. The van der Waals surface area contributed by atoms with Gasteiger partial charge in [-0.15, -0.1) is 0 Å². The van der Waals surface area contributed by atoms with Crippen molar-refractivity contribution in [2.45, 2.75) is 31.4 Å². The van der Waals surface area contributed by atoms with E-state index in [0.29, 0.717) is 12.1 Å². The molecule has 1 aromatic carbocycles. The zero-order chi connectivity index (χ0) is 12.5. The maximum absolute atomic E-state index is 5.98. The maximum Gasteiger partial charge on any atom is 0.184 e. The Labute approximate surface area is 115 Å². The highest BCUT2D eigenvalue weighted by molar-refractivity contribution is 7.22. The van der Waals surface area contributed by atoms with Gasteiger partial charge in [-0.2, -0.15) is 0 Å². The quantitative estimate of drug-likeness (QED) is 0.926. The second-order valence-electron chi connectivity index (χ2n) is 4.64. The van der Waals surface area contributed by atoms with E-state index in [1.807, 2.05) is 18.2 Å². The molecular formula is C13H15ClN2OS. The van der Waals surface area contributed by atoms with Gasteiger partial charge in [-0.1, -0.05) is 22.9 Å². The van der Waals surface area contributed by atoms with Crippen molar-refractivity contribution in [3.05, 3.63) is 23.2 Å². The van der Waals surface area contributed by atoms with Gasteiger partial charge in [-0.05, 0) is 37.5 Å². The Morgan fingerprint density at radius 1 is 1.44 bits per heavy atom. The van der Waals surface area contributed by atoms with Crippen LogP contribution in [0.25, 0.3) is 10.2 Å². The molecule has 18 heavy (non-hydrogen) atoms. The highest BCUT2D eigenvalue weighted by Crippen LogP contribution is 2.31. The molecule has 0 aliphatic heterocycles. The van der Waals surface area contributed by atoms with Gasteiger partial charge in [-0.25, -0.2) is 4.98 Å². The summed E-state index contributed by atoms with van der Waals surface area (Å²) < 4.78 is 6.51. The first kappa shape index (κ1) is 12.2. The van der Waals surface area contributed by atoms with Gasteiger partial charge in [0.05, 0.1) is 16.3 Å². The molecule has 96 valence electrons. The molecule has 2 unspecified atom stereocenters. The summed E-state index contributed by atoms with van der Waals surface area (Å²) in [6, 6.07) is 6.29. The lowest BCUT2D eigenvalue weighted by Gasteiger charge is -2.11. The first-order valence-electron chi connectivity index (χ1n) is 6.10. The molecule has 2 aromatic rings. The second kappa shape index (κ2) is 5.03. The van der Waals surface area contributed by atoms with Gasteiger partial charge in [0.15, 0.2) is 5.13 Å². The van der Waals surface area contributed by atoms with Gasteiger partial charge in [-0.3, -0.25) is 0 Å². The third-order valence-corrected chi connectivity index (χ3v) is 4.58. The van der Waals surface area contributed by atoms with Gasteiger partial charge in [0.1, 0.15) is 0 Å². The molecule has 1 N–H and O–H groups in total. The fraction of sp³-hybridized carbons (Fsp3) is 0.462. The molecule has 0 spiro atoms. The molecule has 1 saturated carbocycles. The summed E-state index contributed by atoms with van der Waals surface area (Å²) in [6.07, 6.45) is 3.74. The number of anilines is 1. The van der Waals surface area contributed by atoms with E-state index in [9.17, 15) is 0 Å². The van der Waals surface area contributed by atoms with E-state index in [0.717, 1.165) is 39.6 Å². The van der Waals surface area contributed by atoms with Gasteiger partial charge in [0.2, 0.25) is 0 Å². The summed E-state index contributed by atoms with van der Waals surface area (Å²) in [4.78, 5) is 4.58. The van der Waals surface area contributed by atoms with Crippen LogP contribution >= 0.6 is 22.9 Å². The largest absolute Gasteiger partial charge is 0.381 e. The normalized spacial score (nSPS) is 23.7. The van der Waals surface area contributed by atoms with Crippen molar-refractivity contribution in [2.24, 2.45) is 0 Å². The first-order chi connectivity index (χ1) is 8.74. The number of aromatic nitrogens is 1. The Bertz CT molecular complexity index is 557. The second-order valence-corrected chi connectivity index (χ2v) is 6.11. The molecule has 1 heterocycles. The maximum atomic E-state index is 5.98. The Hall–Kier alpha value is -0.840. The van der Waals surface area contributed by atoms with E-state index in [4.69, 9.17) is 16.3 Å². The topological polar surface area (TPSA) is 34.1 Å². The average Bonchev–Trinajstić information content (AvgIpc) is 2.95. The summed E-state index contributed by atoms with van der Waals surface area (Å²) in [6.45, 7) is 0. The number of thiazole rings is 1. The highest BCUT2D eigenvalue weighted by Gasteiger charge is 2.24. The number of ether oxygens (including phenoxy) is 1. The van der Waals surface area contributed by atoms with Crippen LogP contribution in [0.4, 0.5) is 5.13 Å². The molecule has 1 aliphatic rings. The Balaban J connectivity index is 1.75. The third-order valence-electron chi connectivity index (χ3n) is 3.40. The smallest absolute Gasteiger partial charge is 0.184 e. The highest BCUT2D eigenvalue weighted by atomic mass is 35.5. The number of benzene rings is 1. The molecule has 1 fully saturated rings. The summed E-state index contributed by atoms with van der Waals surface area (Å²) in [7, 11) is 1.78. The minimum absolute atomic E-state index is 0.395.